The van der Waals surface area contributed by atoms with Gasteiger partial charge in [0.25, 0.3) is 0 Å². The quantitative estimate of drug-likeness (QED) is 0.163. The maximum Gasteiger partial charge on any atom is 1.00 e. The molecule has 0 bridgehead atoms. The SMILES string of the molecule is Cc1[c-]c(C)cc(C)c1.[Au+].c1ccc(P(c2ccccc2)c2ccccc2)cc1. The summed E-state index contributed by atoms with van der Waals surface area (Å²) in [5.41, 5.74) is 3.78. The van der Waals surface area contributed by atoms with E-state index in [4.69, 9.17) is 0 Å². The van der Waals surface area contributed by atoms with Crippen LogP contribution in [0.4, 0.5) is 0 Å². The number of benzene rings is 4. The van der Waals surface area contributed by atoms with Gasteiger partial charge in [0, 0.05) is 0 Å². The molecule has 0 saturated heterocycles. The van der Waals surface area contributed by atoms with Gasteiger partial charge in [-0.25, -0.2) is 0 Å². The standard InChI is InChI=1S/C18H15P.C9H11.Au/c1-4-10-16(11-5-1)19(17-12-6-2-7-13-17)18-14-8-3-9-15-18;1-7-4-8(2)6-9(3)5-7;/h1-15H;4-5H,1-3H3;/q;-1;+1. The Morgan fingerprint density at radius 3 is 1.10 bits per heavy atom. The van der Waals surface area contributed by atoms with Gasteiger partial charge in [0.05, 0.1) is 0 Å². The predicted molar refractivity (Wildman–Crippen MR) is 125 cm³/mol. The molecule has 29 heavy (non-hydrogen) atoms. The Morgan fingerprint density at radius 1 is 0.517 bits per heavy atom. The molecule has 4 rings (SSSR count). The molecule has 0 spiro atoms. The van der Waals surface area contributed by atoms with Gasteiger partial charge in [0.1, 0.15) is 0 Å². The topological polar surface area (TPSA) is 0 Å². The second-order valence-electron chi connectivity index (χ2n) is 6.87. The third-order valence-corrected chi connectivity index (χ3v) is 6.77. The average Bonchev–Trinajstić information content (AvgIpc) is 2.70. The summed E-state index contributed by atoms with van der Waals surface area (Å²) in [6.45, 7) is 6.24. The minimum absolute atomic E-state index is 0. The number of hydrogen-bond acceptors (Lipinski definition) is 0. The van der Waals surface area contributed by atoms with Crippen molar-refractivity contribution in [2.45, 2.75) is 20.8 Å². The monoisotopic (exact) mass is 578 g/mol. The predicted octanol–water partition coefficient (Wildman–Crippen LogP) is 5.85. The third kappa shape index (κ3) is 7.11. The van der Waals surface area contributed by atoms with Crippen LogP contribution >= 0.6 is 7.92 Å². The zero-order chi connectivity index (χ0) is 19.8. The molecule has 150 valence electrons. The molecule has 0 aliphatic carbocycles. The van der Waals surface area contributed by atoms with Crippen LogP contribution in [0.2, 0.25) is 0 Å². The molecule has 4 aromatic carbocycles. The summed E-state index contributed by atoms with van der Waals surface area (Å²) < 4.78 is 0. The van der Waals surface area contributed by atoms with Crippen LogP contribution in [0, 0.1) is 26.8 Å². The second kappa shape index (κ2) is 11.9. The van der Waals surface area contributed by atoms with Crippen LogP contribution in [0.15, 0.2) is 103 Å². The Hall–Kier alpha value is -1.95. The van der Waals surface area contributed by atoms with E-state index in [9.17, 15) is 0 Å². The summed E-state index contributed by atoms with van der Waals surface area (Å²) in [6.07, 6.45) is 0. The van der Waals surface area contributed by atoms with Gasteiger partial charge in [-0.3, -0.25) is 0 Å². The van der Waals surface area contributed by atoms with Crippen molar-refractivity contribution in [2.75, 3.05) is 0 Å². The summed E-state index contributed by atoms with van der Waals surface area (Å²) in [5, 5.41) is 4.19. The molecule has 2 heteroatoms. The van der Waals surface area contributed by atoms with Crippen molar-refractivity contribution in [3.63, 3.8) is 0 Å². The molecule has 0 N–H and O–H groups in total. The van der Waals surface area contributed by atoms with Crippen molar-refractivity contribution in [1.82, 2.24) is 0 Å². The van der Waals surface area contributed by atoms with Gasteiger partial charge in [-0.15, -0.1) is 0 Å². The summed E-state index contributed by atoms with van der Waals surface area (Å²) in [6, 6.07) is 39.8. The van der Waals surface area contributed by atoms with Gasteiger partial charge in [0.15, 0.2) is 0 Å². The van der Waals surface area contributed by atoms with Crippen molar-refractivity contribution in [3.05, 3.63) is 126 Å². The normalized spacial score (nSPS) is 9.93. The van der Waals surface area contributed by atoms with E-state index in [1.54, 1.807) is 0 Å². The summed E-state index contributed by atoms with van der Waals surface area (Å²) >= 11 is 0. The van der Waals surface area contributed by atoms with E-state index in [0.29, 0.717) is 0 Å². The first-order valence-corrected chi connectivity index (χ1v) is 10.9. The fraction of sp³-hybridized carbons (Fsp3) is 0.111. The van der Waals surface area contributed by atoms with Crippen molar-refractivity contribution >= 4 is 23.8 Å². The first-order chi connectivity index (χ1) is 13.6. The molecule has 0 saturated carbocycles. The van der Waals surface area contributed by atoms with Crippen LogP contribution in [0.25, 0.3) is 0 Å². The molecule has 0 nitrogen and oxygen atoms in total. The van der Waals surface area contributed by atoms with Crippen LogP contribution in [-0.4, -0.2) is 0 Å². The summed E-state index contributed by atoms with van der Waals surface area (Å²) in [7, 11) is -0.446. The molecule has 0 radical (unpaired) electrons. The van der Waals surface area contributed by atoms with E-state index in [1.165, 1.54) is 32.6 Å². The van der Waals surface area contributed by atoms with Crippen molar-refractivity contribution < 1.29 is 22.4 Å². The van der Waals surface area contributed by atoms with Crippen molar-refractivity contribution in [3.8, 4) is 0 Å². The third-order valence-electron chi connectivity index (χ3n) is 4.33. The Labute approximate surface area is 192 Å². The van der Waals surface area contributed by atoms with Crippen molar-refractivity contribution in [1.29, 1.82) is 0 Å². The summed E-state index contributed by atoms with van der Waals surface area (Å²) in [5.74, 6) is 0. The van der Waals surface area contributed by atoms with E-state index in [0.717, 1.165) is 0 Å². The van der Waals surface area contributed by atoms with Gasteiger partial charge in [-0.2, -0.15) is 34.9 Å². The summed E-state index contributed by atoms with van der Waals surface area (Å²) in [4.78, 5) is 0. The second-order valence-corrected chi connectivity index (χ2v) is 9.09. The van der Waals surface area contributed by atoms with Crippen LogP contribution in [0.3, 0.4) is 0 Å². The van der Waals surface area contributed by atoms with Crippen LogP contribution in [0.5, 0.6) is 0 Å². The largest absolute Gasteiger partial charge is 1.00 e. The molecule has 0 heterocycles. The van der Waals surface area contributed by atoms with Crippen molar-refractivity contribution in [2.24, 2.45) is 0 Å². The zero-order valence-electron chi connectivity index (χ0n) is 17.1. The molecular weight excluding hydrogens is 552 g/mol. The molecule has 0 amide bonds. The number of hydrogen-bond donors (Lipinski definition) is 0. The first kappa shape index (κ1) is 23.3. The van der Waals surface area contributed by atoms with Gasteiger partial charge in [-0.05, 0) is 23.8 Å². The van der Waals surface area contributed by atoms with E-state index in [1.807, 2.05) is 0 Å². The van der Waals surface area contributed by atoms with E-state index < -0.39 is 7.92 Å². The molecule has 0 fully saturated rings. The minimum atomic E-state index is -0.446. The fourth-order valence-electron chi connectivity index (χ4n) is 3.29. The van der Waals surface area contributed by atoms with Gasteiger partial charge in [0.2, 0.25) is 0 Å². The smallest absolute Gasteiger partial charge is 0.177 e. The molecule has 4 aromatic rings. The molecule has 0 atom stereocenters. The Bertz CT molecular complexity index is 838. The van der Waals surface area contributed by atoms with Crippen LogP contribution in [-0.2, 0) is 22.4 Å². The van der Waals surface area contributed by atoms with Crippen LogP contribution < -0.4 is 15.9 Å². The number of aryl methyl sites for hydroxylation is 3. The molecular formula is C27H26AuP. The Balaban J connectivity index is 0.000000255. The van der Waals surface area contributed by atoms with E-state index in [2.05, 4.69) is 130 Å². The fourth-order valence-corrected chi connectivity index (χ4v) is 5.59. The molecule has 0 unspecified atom stereocenters. The minimum Gasteiger partial charge on any atom is -0.177 e. The Kier molecular flexibility index (Phi) is 9.58. The van der Waals surface area contributed by atoms with Gasteiger partial charge < -0.3 is 0 Å². The maximum absolute atomic E-state index is 3.21. The molecule has 0 aromatic heterocycles. The average molecular weight is 578 g/mol. The first-order valence-electron chi connectivity index (χ1n) is 9.56. The molecule has 0 aliphatic heterocycles. The van der Waals surface area contributed by atoms with E-state index >= 15 is 0 Å². The number of rotatable bonds is 3. The Morgan fingerprint density at radius 2 is 0.828 bits per heavy atom. The van der Waals surface area contributed by atoms with Gasteiger partial charge in [-0.1, -0.05) is 112 Å². The van der Waals surface area contributed by atoms with Crippen LogP contribution in [0.1, 0.15) is 16.7 Å². The zero-order valence-corrected chi connectivity index (χ0v) is 20.1. The van der Waals surface area contributed by atoms with Gasteiger partial charge >= 0.3 is 22.4 Å². The van der Waals surface area contributed by atoms with E-state index in [-0.39, 0.29) is 22.4 Å². The molecule has 0 aliphatic rings. The maximum atomic E-state index is 3.21.